The summed E-state index contributed by atoms with van der Waals surface area (Å²) in [5.41, 5.74) is 4.64. The highest BCUT2D eigenvalue weighted by Gasteiger charge is 2.46. The molecule has 0 radical (unpaired) electrons. The van der Waals surface area contributed by atoms with Crippen molar-refractivity contribution in [2.24, 2.45) is 0 Å². The van der Waals surface area contributed by atoms with Crippen LogP contribution in [0.1, 0.15) is 12.5 Å². The van der Waals surface area contributed by atoms with E-state index in [0.717, 1.165) is 12.1 Å². The summed E-state index contributed by atoms with van der Waals surface area (Å²) >= 11 is 0. The van der Waals surface area contributed by atoms with Gasteiger partial charge in [-0.1, -0.05) is 6.92 Å². The second-order valence-corrected chi connectivity index (χ2v) is 4.75. The van der Waals surface area contributed by atoms with Crippen LogP contribution in [0.5, 0.6) is 0 Å². The summed E-state index contributed by atoms with van der Waals surface area (Å²) in [6, 6.07) is 2.18. The molecule has 0 unspecified atom stereocenters. The molecule has 0 aliphatic carbocycles. The van der Waals surface area contributed by atoms with Gasteiger partial charge in [0.25, 0.3) is 0 Å². The third-order valence-electron chi connectivity index (χ3n) is 3.18. The van der Waals surface area contributed by atoms with Gasteiger partial charge < -0.3 is 15.4 Å². The van der Waals surface area contributed by atoms with Crippen LogP contribution in [0.15, 0.2) is 12.1 Å². The Bertz CT molecular complexity index is 476. The molecule has 0 saturated carbocycles. The Kier molecular flexibility index (Phi) is 2.88. The molecular formula is C12H14F2N2O2. The number of nitrogens with two attached hydrogens (primary N) is 1. The molecule has 6 heteroatoms. The normalized spacial score (nSPS) is 17.2. The van der Waals surface area contributed by atoms with Crippen LogP contribution in [0, 0.1) is 11.6 Å². The van der Waals surface area contributed by atoms with E-state index in [4.69, 9.17) is 5.73 Å². The molecule has 0 atom stereocenters. The fourth-order valence-corrected chi connectivity index (χ4v) is 2.38. The molecule has 1 aromatic carbocycles. The van der Waals surface area contributed by atoms with Crippen molar-refractivity contribution in [1.29, 1.82) is 0 Å². The number of carbonyl (C=O) groups excluding carboxylic acids is 1. The lowest BCUT2D eigenvalue weighted by atomic mass is 9.75. The highest BCUT2D eigenvalue weighted by Crippen LogP contribution is 2.38. The van der Waals surface area contributed by atoms with Crippen molar-refractivity contribution in [3.05, 3.63) is 29.3 Å². The predicted molar refractivity (Wildman–Crippen MR) is 62.1 cm³/mol. The SMILES string of the molecule is COC(=O)N1CC(C)(c2c(F)cc(N)cc2F)C1. The zero-order valence-electron chi connectivity index (χ0n) is 10.2. The molecule has 1 heterocycles. The Morgan fingerprint density at radius 3 is 2.33 bits per heavy atom. The Hall–Kier alpha value is -1.85. The molecule has 1 aliphatic heterocycles. The van der Waals surface area contributed by atoms with Gasteiger partial charge in [-0.05, 0) is 12.1 Å². The zero-order chi connectivity index (χ0) is 13.5. The number of hydrogen-bond donors (Lipinski definition) is 1. The van der Waals surface area contributed by atoms with E-state index in [1.54, 1.807) is 6.92 Å². The third-order valence-corrected chi connectivity index (χ3v) is 3.18. The van der Waals surface area contributed by atoms with Crippen LogP contribution in [0.2, 0.25) is 0 Å². The second-order valence-electron chi connectivity index (χ2n) is 4.75. The van der Waals surface area contributed by atoms with Crippen LogP contribution < -0.4 is 5.73 Å². The molecular weight excluding hydrogens is 242 g/mol. The maximum absolute atomic E-state index is 13.8. The van der Waals surface area contributed by atoms with E-state index >= 15 is 0 Å². The number of nitrogen functional groups attached to an aromatic ring is 1. The topological polar surface area (TPSA) is 55.6 Å². The van der Waals surface area contributed by atoms with Gasteiger partial charge in [0, 0.05) is 29.8 Å². The minimum absolute atomic E-state index is 0.0307. The minimum Gasteiger partial charge on any atom is -0.453 e. The molecule has 1 aromatic rings. The zero-order valence-corrected chi connectivity index (χ0v) is 10.2. The van der Waals surface area contributed by atoms with Crippen molar-refractivity contribution in [3.8, 4) is 0 Å². The highest BCUT2D eigenvalue weighted by molar-refractivity contribution is 5.69. The van der Waals surface area contributed by atoms with Gasteiger partial charge in [-0.3, -0.25) is 0 Å². The number of halogens is 2. The molecule has 2 N–H and O–H groups in total. The Morgan fingerprint density at radius 1 is 1.39 bits per heavy atom. The number of carbonyl (C=O) groups is 1. The van der Waals surface area contributed by atoms with E-state index in [1.807, 2.05) is 0 Å². The summed E-state index contributed by atoms with van der Waals surface area (Å²) in [4.78, 5) is 12.6. The lowest BCUT2D eigenvalue weighted by molar-refractivity contribution is 0.0528. The standard InChI is InChI=1S/C12H14F2N2O2/c1-12(5-16(6-12)11(17)18-2)10-8(13)3-7(15)4-9(10)14/h3-4H,5-6,15H2,1-2H3. The van der Waals surface area contributed by atoms with E-state index in [-0.39, 0.29) is 24.3 Å². The van der Waals surface area contributed by atoms with Crippen molar-refractivity contribution in [2.45, 2.75) is 12.3 Å². The fraction of sp³-hybridized carbons (Fsp3) is 0.417. The van der Waals surface area contributed by atoms with Gasteiger partial charge in [-0.2, -0.15) is 0 Å². The lowest BCUT2D eigenvalue weighted by Gasteiger charge is -2.47. The number of ether oxygens (including phenoxy) is 1. The summed E-state index contributed by atoms with van der Waals surface area (Å²) in [7, 11) is 1.27. The average Bonchev–Trinajstić information content (AvgIpc) is 2.22. The molecule has 98 valence electrons. The first kappa shape index (κ1) is 12.6. The van der Waals surface area contributed by atoms with Crippen LogP contribution in [-0.4, -0.2) is 31.2 Å². The van der Waals surface area contributed by atoms with Crippen molar-refractivity contribution in [3.63, 3.8) is 0 Å². The number of anilines is 1. The highest BCUT2D eigenvalue weighted by atomic mass is 19.1. The van der Waals surface area contributed by atoms with E-state index in [2.05, 4.69) is 4.74 Å². The Morgan fingerprint density at radius 2 is 1.89 bits per heavy atom. The average molecular weight is 256 g/mol. The van der Waals surface area contributed by atoms with Crippen LogP contribution >= 0.6 is 0 Å². The number of nitrogens with zero attached hydrogens (tertiary/aromatic N) is 1. The van der Waals surface area contributed by atoms with Crippen molar-refractivity contribution >= 4 is 11.8 Å². The van der Waals surface area contributed by atoms with E-state index < -0.39 is 23.1 Å². The van der Waals surface area contributed by atoms with Gasteiger partial charge in [0.15, 0.2) is 0 Å². The van der Waals surface area contributed by atoms with Gasteiger partial charge in [0.05, 0.1) is 7.11 Å². The molecule has 1 saturated heterocycles. The maximum atomic E-state index is 13.8. The monoisotopic (exact) mass is 256 g/mol. The molecule has 1 aliphatic rings. The summed E-state index contributed by atoms with van der Waals surface area (Å²) in [5, 5.41) is 0. The number of rotatable bonds is 1. The predicted octanol–water partition coefficient (Wildman–Crippen LogP) is 1.89. The second kappa shape index (κ2) is 4.12. The van der Waals surface area contributed by atoms with Crippen molar-refractivity contribution in [1.82, 2.24) is 4.90 Å². The van der Waals surface area contributed by atoms with E-state index in [0.29, 0.717) is 0 Å². The minimum atomic E-state index is -0.740. The summed E-state index contributed by atoms with van der Waals surface area (Å²) in [5.74, 6) is -1.36. The van der Waals surface area contributed by atoms with Crippen LogP contribution in [0.4, 0.5) is 19.3 Å². The first-order chi connectivity index (χ1) is 8.37. The Labute approximate surface area is 103 Å². The number of methoxy groups -OCH3 is 1. The fourth-order valence-electron chi connectivity index (χ4n) is 2.38. The molecule has 0 aromatic heterocycles. The number of benzene rings is 1. The molecule has 1 fully saturated rings. The molecule has 0 spiro atoms. The first-order valence-corrected chi connectivity index (χ1v) is 5.45. The van der Waals surface area contributed by atoms with Gasteiger partial charge in [-0.25, -0.2) is 13.6 Å². The number of hydrogen-bond acceptors (Lipinski definition) is 3. The van der Waals surface area contributed by atoms with Gasteiger partial charge >= 0.3 is 6.09 Å². The summed E-state index contributed by atoms with van der Waals surface area (Å²) < 4.78 is 32.1. The molecule has 2 rings (SSSR count). The number of likely N-dealkylation sites (tertiary alicyclic amines) is 1. The third kappa shape index (κ3) is 1.87. The van der Waals surface area contributed by atoms with E-state index in [9.17, 15) is 13.6 Å². The van der Waals surface area contributed by atoms with Gasteiger partial charge in [0.2, 0.25) is 0 Å². The first-order valence-electron chi connectivity index (χ1n) is 5.45. The van der Waals surface area contributed by atoms with Crippen LogP contribution in [-0.2, 0) is 10.2 Å². The molecule has 0 bridgehead atoms. The quantitative estimate of drug-likeness (QED) is 0.781. The summed E-state index contributed by atoms with van der Waals surface area (Å²) in [6.07, 6.45) is -0.497. The molecule has 1 amide bonds. The molecule has 18 heavy (non-hydrogen) atoms. The van der Waals surface area contributed by atoms with Crippen LogP contribution in [0.3, 0.4) is 0 Å². The van der Waals surface area contributed by atoms with E-state index in [1.165, 1.54) is 12.0 Å². The maximum Gasteiger partial charge on any atom is 0.409 e. The van der Waals surface area contributed by atoms with Crippen molar-refractivity contribution < 1.29 is 18.3 Å². The smallest absolute Gasteiger partial charge is 0.409 e. The van der Waals surface area contributed by atoms with Gasteiger partial charge in [0.1, 0.15) is 11.6 Å². The summed E-state index contributed by atoms with van der Waals surface area (Å²) in [6.45, 7) is 2.14. The largest absolute Gasteiger partial charge is 0.453 e. The Balaban J connectivity index is 2.27. The number of amides is 1. The molecule has 4 nitrogen and oxygen atoms in total. The van der Waals surface area contributed by atoms with Gasteiger partial charge in [-0.15, -0.1) is 0 Å². The van der Waals surface area contributed by atoms with Crippen molar-refractivity contribution in [2.75, 3.05) is 25.9 Å². The van der Waals surface area contributed by atoms with Crippen LogP contribution in [0.25, 0.3) is 0 Å². The lowest BCUT2D eigenvalue weighted by Crippen LogP contribution is -2.60.